The number of ether oxygens (including phenoxy) is 2. The molecule has 10 heteroatoms. The molecular formula is C14H21AsN2O7. The summed E-state index contributed by atoms with van der Waals surface area (Å²) in [5.74, 6) is 0. The zero-order valence-corrected chi connectivity index (χ0v) is 15.3. The fourth-order valence-electron chi connectivity index (χ4n) is 1.61. The first-order valence-electron chi connectivity index (χ1n) is 7.35. The molecular weight excluding hydrogens is 383 g/mol. The van der Waals surface area contributed by atoms with Gasteiger partial charge in [-0.2, -0.15) is 0 Å². The van der Waals surface area contributed by atoms with Crippen molar-refractivity contribution in [2.75, 3.05) is 23.8 Å². The number of carbonyl (C=O) groups excluding carboxylic acids is 2. The van der Waals surface area contributed by atoms with Crippen LogP contribution < -0.4 is 15.0 Å². The third kappa shape index (κ3) is 6.65. The molecule has 0 heterocycles. The Morgan fingerprint density at radius 3 is 1.96 bits per heavy atom. The van der Waals surface area contributed by atoms with Crippen LogP contribution in [0.1, 0.15) is 26.7 Å². The Labute approximate surface area is 142 Å². The fourth-order valence-corrected chi connectivity index (χ4v) is 2.79. The van der Waals surface area contributed by atoms with E-state index in [-0.39, 0.29) is 28.9 Å². The quantitative estimate of drug-likeness (QED) is 0.501. The summed E-state index contributed by atoms with van der Waals surface area (Å²) in [5, 5.41) is 4.76. The molecule has 0 aliphatic heterocycles. The van der Waals surface area contributed by atoms with Crippen molar-refractivity contribution in [3.63, 3.8) is 0 Å². The van der Waals surface area contributed by atoms with E-state index >= 15 is 0 Å². The van der Waals surface area contributed by atoms with Gasteiger partial charge in [0.1, 0.15) is 0 Å². The maximum atomic E-state index is 11.7. The van der Waals surface area contributed by atoms with Crippen molar-refractivity contribution < 1.29 is 31.0 Å². The molecule has 0 spiro atoms. The predicted molar refractivity (Wildman–Crippen MR) is 87.5 cm³/mol. The van der Waals surface area contributed by atoms with E-state index in [4.69, 9.17) is 9.47 Å². The van der Waals surface area contributed by atoms with Crippen molar-refractivity contribution >= 4 is 42.1 Å². The minimum atomic E-state index is -5.16. The summed E-state index contributed by atoms with van der Waals surface area (Å²) < 4.78 is 39.5. The van der Waals surface area contributed by atoms with E-state index in [2.05, 4.69) is 10.6 Å². The number of rotatable bonds is 7. The van der Waals surface area contributed by atoms with E-state index in [1.54, 1.807) is 0 Å². The molecule has 24 heavy (non-hydrogen) atoms. The van der Waals surface area contributed by atoms with Crippen LogP contribution in [0.25, 0.3) is 0 Å². The summed E-state index contributed by atoms with van der Waals surface area (Å²) in [6.45, 7) is 4.06. The molecule has 0 atom stereocenters. The van der Waals surface area contributed by atoms with E-state index in [0.29, 0.717) is 12.8 Å². The second-order valence-electron chi connectivity index (χ2n) is 4.80. The average molecular weight is 404 g/mol. The van der Waals surface area contributed by atoms with Crippen LogP contribution in [-0.2, 0) is 13.2 Å². The first-order chi connectivity index (χ1) is 11.3. The summed E-state index contributed by atoms with van der Waals surface area (Å²) in [5.41, 5.74) is 0.143. The minimum absolute atomic E-state index is 0.00628. The van der Waals surface area contributed by atoms with Crippen LogP contribution in [0.15, 0.2) is 18.2 Å². The Bertz CT molecular complexity index is 630. The number of benzene rings is 1. The second-order valence-corrected chi connectivity index (χ2v) is 8.16. The van der Waals surface area contributed by atoms with Gasteiger partial charge in [-0.3, -0.25) is 0 Å². The van der Waals surface area contributed by atoms with Gasteiger partial charge in [0.15, 0.2) is 0 Å². The Hall–Kier alpha value is -1.96. The molecule has 0 radical (unpaired) electrons. The number of carbonyl (C=O) groups is 2. The third-order valence-corrected chi connectivity index (χ3v) is 4.68. The molecule has 0 aromatic heterocycles. The van der Waals surface area contributed by atoms with Crippen molar-refractivity contribution in [3.8, 4) is 0 Å². The fraction of sp³-hybridized carbons (Fsp3) is 0.429. The topological polar surface area (TPSA) is 134 Å². The molecule has 134 valence electrons. The Morgan fingerprint density at radius 1 is 1.00 bits per heavy atom. The number of amides is 2. The van der Waals surface area contributed by atoms with Crippen molar-refractivity contribution in [2.45, 2.75) is 26.7 Å². The molecule has 0 aliphatic rings. The number of nitrogens with one attached hydrogen (secondary N) is 2. The third-order valence-electron chi connectivity index (χ3n) is 2.69. The van der Waals surface area contributed by atoms with Gasteiger partial charge in [0.25, 0.3) is 0 Å². The monoisotopic (exact) mass is 404 g/mol. The van der Waals surface area contributed by atoms with Crippen LogP contribution in [0.3, 0.4) is 0 Å². The van der Waals surface area contributed by atoms with Gasteiger partial charge in [-0.25, -0.2) is 0 Å². The van der Waals surface area contributed by atoms with Crippen molar-refractivity contribution in [2.24, 2.45) is 0 Å². The van der Waals surface area contributed by atoms with Crippen LogP contribution in [-0.4, -0.2) is 47.8 Å². The van der Waals surface area contributed by atoms with Gasteiger partial charge < -0.3 is 0 Å². The molecule has 9 nitrogen and oxygen atoms in total. The molecule has 1 aromatic carbocycles. The summed E-state index contributed by atoms with van der Waals surface area (Å²) in [7, 11) is 0. The zero-order valence-electron chi connectivity index (χ0n) is 13.4. The SMILES string of the molecule is CCCOC(=O)Nc1ccc([As](=O)(O)O)cc1NC(=O)OCCC. The van der Waals surface area contributed by atoms with Gasteiger partial charge in [0, 0.05) is 0 Å². The van der Waals surface area contributed by atoms with Crippen molar-refractivity contribution in [3.05, 3.63) is 18.2 Å². The summed E-state index contributed by atoms with van der Waals surface area (Å²) >= 11 is -5.16. The van der Waals surface area contributed by atoms with Crippen LogP contribution in [0.5, 0.6) is 0 Å². The summed E-state index contributed by atoms with van der Waals surface area (Å²) in [6, 6.07) is 3.55. The van der Waals surface area contributed by atoms with Gasteiger partial charge in [-0.05, 0) is 0 Å². The molecule has 1 rings (SSSR count). The first-order valence-corrected chi connectivity index (χ1v) is 10.7. The van der Waals surface area contributed by atoms with Gasteiger partial charge in [-0.1, -0.05) is 0 Å². The van der Waals surface area contributed by atoms with Gasteiger partial charge in [0.05, 0.1) is 0 Å². The molecule has 0 fully saturated rings. The summed E-state index contributed by atoms with van der Waals surface area (Å²) in [4.78, 5) is 23.3. The van der Waals surface area contributed by atoms with Gasteiger partial charge in [-0.15, -0.1) is 0 Å². The number of anilines is 2. The summed E-state index contributed by atoms with van der Waals surface area (Å²) in [6.07, 6.45) is -0.275. The predicted octanol–water partition coefficient (Wildman–Crippen LogP) is 1.16. The van der Waals surface area contributed by atoms with E-state index in [9.17, 15) is 21.5 Å². The van der Waals surface area contributed by atoms with Crippen LogP contribution in [0, 0.1) is 0 Å². The molecule has 2 amide bonds. The standard InChI is InChI=1S/C14H21AsN2O7/c1-3-7-23-13(18)16-11-6-5-10(15(20,21)22)9-12(11)17-14(19)24-8-4-2/h5-6,9H,3-4,7-8H2,1-2H3,(H,16,18)(H,17,19)(H2,20,21,22). The van der Waals surface area contributed by atoms with Gasteiger partial charge in [0.2, 0.25) is 0 Å². The number of hydrogen-bond acceptors (Lipinski definition) is 5. The molecule has 4 N–H and O–H groups in total. The molecule has 1 aromatic rings. The van der Waals surface area contributed by atoms with Gasteiger partial charge >= 0.3 is 142 Å². The molecule has 0 aliphatic carbocycles. The zero-order chi connectivity index (χ0) is 18.2. The Morgan fingerprint density at radius 2 is 1.50 bits per heavy atom. The van der Waals surface area contributed by atoms with Crippen LogP contribution in [0.4, 0.5) is 21.0 Å². The molecule has 0 unspecified atom stereocenters. The van der Waals surface area contributed by atoms with E-state index in [1.807, 2.05) is 13.8 Å². The molecule has 0 bridgehead atoms. The van der Waals surface area contributed by atoms with E-state index in [0.717, 1.165) is 6.07 Å². The van der Waals surface area contributed by atoms with Crippen LogP contribution >= 0.6 is 0 Å². The number of hydrogen-bond donors (Lipinski definition) is 4. The average Bonchev–Trinajstić information content (AvgIpc) is 2.51. The van der Waals surface area contributed by atoms with E-state index in [1.165, 1.54) is 12.1 Å². The van der Waals surface area contributed by atoms with Crippen LogP contribution in [0.2, 0.25) is 0 Å². The molecule has 0 saturated carbocycles. The Kier molecular flexibility index (Phi) is 7.83. The van der Waals surface area contributed by atoms with Crippen molar-refractivity contribution in [1.82, 2.24) is 0 Å². The maximum absolute atomic E-state index is 11.7. The normalized spacial score (nSPS) is 10.8. The Balaban J connectivity index is 3.01. The second kappa shape index (κ2) is 9.36. The van der Waals surface area contributed by atoms with E-state index < -0.39 is 26.4 Å². The molecule has 0 saturated heterocycles. The first kappa shape index (κ1) is 20.1. The van der Waals surface area contributed by atoms with Crippen molar-refractivity contribution in [1.29, 1.82) is 0 Å².